The van der Waals surface area contributed by atoms with Crippen LogP contribution in [0.2, 0.25) is 0 Å². The highest BCUT2D eigenvalue weighted by atomic mass is 16.1. The predicted octanol–water partition coefficient (Wildman–Crippen LogP) is 2.05. The molecule has 0 bridgehead atoms. The van der Waals surface area contributed by atoms with Gasteiger partial charge in [0.25, 0.3) is 0 Å². The Hall–Kier alpha value is -1.94. The molecule has 1 fully saturated rings. The Balaban J connectivity index is 1.79. The molecule has 4 heteroatoms. The second-order valence-corrected chi connectivity index (χ2v) is 4.92. The number of hydrogen-bond acceptors (Lipinski definition) is 3. The number of carbonyl (C=O) groups is 1. The van der Waals surface area contributed by atoms with Gasteiger partial charge in [-0.05, 0) is 31.5 Å². The number of para-hydroxylation sites is 1. The van der Waals surface area contributed by atoms with Crippen LogP contribution in [0.3, 0.4) is 0 Å². The fourth-order valence-corrected chi connectivity index (χ4v) is 2.48. The normalized spacial score (nSPS) is 19.3. The second kappa shape index (κ2) is 5.36. The summed E-state index contributed by atoms with van der Waals surface area (Å²) in [4.78, 5) is 12.4. The zero-order chi connectivity index (χ0) is 13.1. The molecule has 1 N–H and O–H groups in total. The molecule has 0 amide bonds. The zero-order valence-corrected chi connectivity index (χ0v) is 10.7. The van der Waals surface area contributed by atoms with Gasteiger partial charge in [0.2, 0.25) is 0 Å². The van der Waals surface area contributed by atoms with Crippen molar-refractivity contribution in [2.45, 2.75) is 12.8 Å². The lowest BCUT2D eigenvalue weighted by atomic mass is 9.92. The fourth-order valence-electron chi connectivity index (χ4n) is 2.48. The highest BCUT2D eigenvalue weighted by Gasteiger charge is 2.23. The molecule has 19 heavy (non-hydrogen) atoms. The monoisotopic (exact) mass is 255 g/mol. The lowest BCUT2D eigenvalue weighted by Crippen LogP contribution is -2.34. The molecule has 4 nitrogen and oxygen atoms in total. The van der Waals surface area contributed by atoms with Crippen molar-refractivity contribution in [1.82, 2.24) is 15.1 Å². The van der Waals surface area contributed by atoms with Gasteiger partial charge in [0.15, 0.2) is 5.78 Å². The van der Waals surface area contributed by atoms with Crippen molar-refractivity contribution in [3.63, 3.8) is 0 Å². The van der Waals surface area contributed by atoms with Crippen LogP contribution in [0.5, 0.6) is 0 Å². The summed E-state index contributed by atoms with van der Waals surface area (Å²) < 4.78 is 1.75. The third-order valence-electron chi connectivity index (χ3n) is 3.56. The van der Waals surface area contributed by atoms with E-state index in [0.29, 0.717) is 5.56 Å². The molecule has 1 aromatic heterocycles. The predicted molar refractivity (Wildman–Crippen MR) is 73.5 cm³/mol. The Morgan fingerprint density at radius 3 is 2.89 bits per heavy atom. The number of hydrogen-bond donors (Lipinski definition) is 1. The quantitative estimate of drug-likeness (QED) is 0.854. The van der Waals surface area contributed by atoms with Gasteiger partial charge in [-0.15, -0.1) is 0 Å². The molecule has 1 aliphatic heterocycles. The smallest absolute Gasteiger partial charge is 0.170 e. The van der Waals surface area contributed by atoms with Crippen molar-refractivity contribution in [1.29, 1.82) is 0 Å². The number of rotatable bonds is 3. The number of piperidine rings is 1. The maximum absolute atomic E-state index is 12.4. The second-order valence-electron chi connectivity index (χ2n) is 4.92. The minimum absolute atomic E-state index is 0.0992. The van der Waals surface area contributed by atoms with Crippen LogP contribution < -0.4 is 5.32 Å². The molecule has 0 aliphatic carbocycles. The average Bonchev–Trinajstić information content (AvgIpc) is 2.98. The van der Waals surface area contributed by atoms with Crippen LogP contribution in [0.1, 0.15) is 23.2 Å². The van der Waals surface area contributed by atoms with E-state index in [1.165, 1.54) is 0 Å². The van der Waals surface area contributed by atoms with Crippen molar-refractivity contribution in [2.75, 3.05) is 13.1 Å². The summed E-state index contributed by atoms with van der Waals surface area (Å²) in [5.41, 5.74) is 1.68. The van der Waals surface area contributed by atoms with E-state index >= 15 is 0 Å². The maximum Gasteiger partial charge on any atom is 0.170 e. The van der Waals surface area contributed by atoms with Gasteiger partial charge in [-0.3, -0.25) is 4.79 Å². The number of aromatic nitrogens is 2. The van der Waals surface area contributed by atoms with Gasteiger partial charge in [0.05, 0.1) is 17.4 Å². The van der Waals surface area contributed by atoms with Gasteiger partial charge < -0.3 is 5.32 Å². The number of carbonyl (C=O) groups excluding carboxylic acids is 1. The molecular formula is C15H17N3O. The zero-order valence-electron chi connectivity index (χ0n) is 10.7. The topological polar surface area (TPSA) is 46.9 Å². The summed E-state index contributed by atoms with van der Waals surface area (Å²) >= 11 is 0. The number of nitrogens with zero attached hydrogens (tertiary/aromatic N) is 2. The highest BCUT2D eigenvalue weighted by molar-refractivity contribution is 5.97. The molecule has 0 radical (unpaired) electrons. The van der Waals surface area contributed by atoms with Gasteiger partial charge >= 0.3 is 0 Å². The summed E-state index contributed by atoms with van der Waals surface area (Å²) in [6.45, 7) is 1.81. The van der Waals surface area contributed by atoms with Crippen molar-refractivity contribution in [2.24, 2.45) is 5.92 Å². The van der Waals surface area contributed by atoms with E-state index in [4.69, 9.17) is 0 Å². The van der Waals surface area contributed by atoms with Crippen LogP contribution in [0.25, 0.3) is 5.69 Å². The lowest BCUT2D eigenvalue weighted by molar-refractivity contribution is 0.0899. The van der Waals surface area contributed by atoms with E-state index in [0.717, 1.165) is 31.6 Å². The Kier molecular flexibility index (Phi) is 3.42. The Morgan fingerprint density at radius 1 is 1.32 bits per heavy atom. The van der Waals surface area contributed by atoms with E-state index in [1.54, 1.807) is 10.9 Å². The standard InChI is InChI=1S/C15H17N3O/c19-15(12-5-4-8-16-9-12)13-10-17-18(11-13)14-6-2-1-3-7-14/h1-3,6-7,10-12,16H,4-5,8-9H2. The number of ketones is 1. The van der Waals surface area contributed by atoms with Crippen molar-refractivity contribution >= 4 is 5.78 Å². The van der Waals surface area contributed by atoms with Gasteiger partial charge in [0, 0.05) is 18.7 Å². The van der Waals surface area contributed by atoms with Crippen LogP contribution in [-0.2, 0) is 0 Å². The van der Waals surface area contributed by atoms with Crippen molar-refractivity contribution in [3.8, 4) is 5.69 Å². The first-order valence-corrected chi connectivity index (χ1v) is 6.69. The molecule has 2 aromatic rings. The summed E-state index contributed by atoms with van der Waals surface area (Å²) in [5, 5.41) is 7.55. The summed E-state index contributed by atoms with van der Waals surface area (Å²) in [5.74, 6) is 0.302. The molecule has 0 saturated carbocycles. The van der Waals surface area contributed by atoms with E-state index in [-0.39, 0.29) is 11.7 Å². The fraction of sp³-hybridized carbons (Fsp3) is 0.333. The first kappa shape index (κ1) is 12.1. The summed E-state index contributed by atoms with van der Waals surface area (Å²) in [7, 11) is 0. The average molecular weight is 255 g/mol. The summed E-state index contributed by atoms with van der Waals surface area (Å²) in [6, 6.07) is 9.84. The largest absolute Gasteiger partial charge is 0.316 e. The van der Waals surface area contributed by atoms with Crippen LogP contribution in [0.15, 0.2) is 42.7 Å². The Labute approximate surface area is 112 Å². The molecule has 1 aliphatic rings. The highest BCUT2D eigenvalue weighted by Crippen LogP contribution is 2.17. The minimum atomic E-state index is 0.0992. The van der Waals surface area contributed by atoms with Crippen LogP contribution in [0.4, 0.5) is 0 Å². The van der Waals surface area contributed by atoms with Crippen molar-refractivity contribution < 1.29 is 4.79 Å². The number of benzene rings is 1. The molecule has 1 saturated heterocycles. The third-order valence-corrected chi connectivity index (χ3v) is 3.56. The number of nitrogens with one attached hydrogen (secondary N) is 1. The molecule has 3 rings (SSSR count). The molecule has 1 atom stereocenters. The Morgan fingerprint density at radius 2 is 2.16 bits per heavy atom. The summed E-state index contributed by atoms with van der Waals surface area (Å²) in [6.07, 6.45) is 5.54. The van der Waals surface area contributed by atoms with Crippen LogP contribution in [-0.4, -0.2) is 28.7 Å². The van der Waals surface area contributed by atoms with E-state index in [9.17, 15) is 4.79 Å². The molecular weight excluding hydrogens is 238 g/mol. The van der Waals surface area contributed by atoms with Gasteiger partial charge in [-0.1, -0.05) is 18.2 Å². The van der Waals surface area contributed by atoms with Gasteiger partial charge in [-0.2, -0.15) is 5.10 Å². The minimum Gasteiger partial charge on any atom is -0.316 e. The molecule has 1 unspecified atom stereocenters. The maximum atomic E-state index is 12.4. The number of Topliss-reactive ketones (excluding diaryl/α,β-unsaturated/α-hetero) is 1. The van der Waals surface area contributed by atoms with Gasteiger partial charge in [0.1, 0.15) is 0 Å². The van der Waals surface area contributed by atoms with Gasteiger partial charge in [-0.25, -0.2) is 4.68 Å². The van der Waals surface area contributed by atoms with Crippen LogP contribution >= 0.6 is 0 Å². The van der Waals surface area contributed by atoms with E-state index in [1.807, 2.05) is 36.5 Å². The first-order chi connectivity index (χ1) is 9.34. The molecule has 1 aromatic carbocycles. The van der Waals surface area contributed by atoms with Crippen LogP contribution in [0, 0.1) is 5.92 Å². The molecule has 0 spiro atoms. The first-order valence-electron chi connectivity index (χ1n) is 6.69. The molecule has 2 heterocycles. The lowest BCUT2D eigenvalue weighted by Gasteiger charge is -2.20. The SMILES string of the molecule is O=C(c1cnn(-c2ccccc2)c1)C1CCCNC1. The third kappa shape index (κ3) is 2.58. The Bertz CT molecular complexity index is 556. The van der Waals surface area contributed by atoms with E-state index in [2.05, 4.69) is 10.4 Å². The molecule has 98 valence electrons. The van der Waals surface area contributed by atoms with Crippen molar-refractivity contribution in [3.05, 3.63) is 48.3 Å². The van der Waals surface area contributed by atoms with E-state index < -0.39 is 0 Å².